The summed E-state index contributed by atoms with van der Waals surface area (Å²) >= 11 is 7.27. The first-order chi connectivity index (χ1) is 21.0. The summed E-state index contributed by atoms with van der Waals surface area (Å²) in [4.78, 5) is 20.0. The van der Waals surface area contributed by atoms with E-state index in [-0.39, 0.29) is 11.6 Å². The van der Waals surface area contributed by atoms with Crippen LogP contribution in [-0.2, 0) is 13.0 Å². The van der Waals surface area contributed by atoms with Crippen molar-refractivity contribution >= 4 is 61.6 Å². The van der Waals surface area contributed by atoms with E-state index in [0.717, 1.165) is 48.8 Å². The van der Waals surface area contributed by atoms with Crippen molar-refractivity contribution in [3.05, 3.63) is 152 Å². The molecule has 7 rings (SSSR count). The Balaban J connectivity index is 1.34. The molecule has 1 aliphatic heterocycles. The van der Waals surface area contributed by atoms with Crippen LogP contribution in [0.3, 0.4) is 0 Å². The Morgan fingerprint density at radius 1 is 1.02 bits per heavy atom. The summed E-state index contributed by atoms with van der Waals surface area (Å²) in [6, 6.07) is 30.5. The van der Waals surface area contributed by atoms with Crippen LogP contribution >= 0.6 is 49.9 Å². The van der Waals surface area contributed by atoms with Gasteiger partial charge in [-0.1, -0.05) is 94.0 Å². The second-order valence-corrected chi connectivity index (χ2v) is 13.6. The molecule has 0 bridgehead atoms. The number of hydrogen-bond acceptors (Lipinski definition) is 5. The number of rotatable bonds is 6. The van der Waals surface area contributed by atoms with Crippen LogP contribution in [0.4, 0.5) is 0 Å². The summed E-state index contributed by atoms with van der Waals surface area (Å²) in [7, 11) is 1.64. The van der Waals surface area contributed by atoms with Gasteiger partial charge in [-0.15, -0.1) is 0 Å². The van der Waals surface area contributed by atoms with Gasteiger partial charge in [0.25, 0.3) is 5.56 Å². The average Bonchev–Trinajstić information content (AvgIpc) is 3.34. The molecule has 2 aliphatic rings. The molecule has 0 saturated carbocycles. The molecule has 1 atom stereocenters. The number of nitrogens with zero attached hydrogens (tertiary/aromatic N) is 2. The number of aryl methyl sites for hydroxylation is 1. The van der Waals surface area contributed by atoms with Crippen LogP contribution in [0.1, 0.15) is 40.3 Å². The van der Waals surface area contributed by atoms with Crippen LogP contribution < -0.4 is 24.4 Å². The van der Waals surface area contributed by atoms with Gasteiger partial charge in [0.1, 0.15) is 6.61 Å². The van der Waals surface area contributed by atoms with Crippen molar-refractivity contribution in [2.45, 2.75) is 25.5 Å². The van der Waals surface area contributed by atoms with E-state index < -0.39 is 0 Å². The smallest absolute Gasteiger partial charge is 0.271 e. The molecule has 0 amide bonds. The van der Waals surface area contributed by atoms with Gasteiger partial charge in [0.05, 0.1) is 27.0 Å². The van der Waals surface area contributed by atoms with Crippen molar-refractivity contribution in [3.8, 4) is 11.5 Å². The average molecular weight is 761 g/mol. The zero-order chi connectivity index (χ0) is 29.5. The molecule has 4 aromatic carbocycles. The number of allylic oxidation sites excluding steroid dienone is 1. The standard InChI is InChI=1S/C35H26BrIN2O3S/c1-41-29-18-22(17-28(37)33(29)42-20-21-7-3-2-4-8-21)19-30-34(40)39-32(24-11-14-25(36)15-12-24)27-16-13-23-9-5-6-10-26(23)31(27)38-35(39)43-30/h2-12,14-15,17-19,32H,13,16,20H2,1H3/b30-19-/t32-/m0/s1. The van der Waals surface area contributed by atoms with Gasteiger partial charge >= 0.3 is 0 Å². The van der Waals surface area contributed by atoms with Gasteiger partial charge in [0.2, 0.25) is 0 Å². The highest BCUT2D eigenvalue weighted by molar-refractivity contribution is 14.1. The maximum absolute atomic E-state index is 14.1. The van der Waals surface area contributed by atoms with Crippen LogP contribution in [0.2, 0.25) is 0 Å². The van der Waals surface area contributed by atoms with E-state index in [1.165, 1.54) is 22.5 Å². The molecular formula is C35H26BrIN2O3S. The largest absolute Gasteiger partial charge is 0.493 e. The third-order valence-corrected chi connectivity index (χ3v) is 10.1. The number of benzene rings is 4. The molecule has 0 spiro atoms. The third kappa shape index (κ3) is 5.41. The van der Waals surface area contributed by atoms with Gasteiger partial charge in [-0.3, -0.25) is 9.36 Å². The fourth-order valence-corrected chi connectivity index (χ4v) is 7.86. The van der Waals surface area contributed by atoms with E-state index in [0.29, 0.717) is 27.4 Å². The summed E-state index contributed by atoms with van der Waals surface area (Å²) in [6.45, 7) is 0.439. The predicted molar refractivity (Wildman–Crippen MR) is 183 cm³/mol. The molecule has 5 nitrogen and oxygen atoms in total. The lowest BCUT2D eigenvalue weighted by Gasteiger charge is -2.30. The number of fused-ring (bicyclic) bond motifs is 3. The Kier molecular flexibility index (Phi) is 7.83. The number of thiazole rings is 1. The molecule has 1 aromatic heterocycles. The van der Waals surface area contributed by atoms with Crippen LogP contribution in [0, 0.1) is 3.57 Å². The highest BCUT2D eigenvalue weighted by Gasteiger charge is 2.32. The normalized spacial score (nSPS) is 15.8. The molecule has 1 aliphatic carbocycles. The zero-order valence-electron chi connectivity index (χ0n) is 23.2. The number of methoxy groups -OCH3 is 1. The van der Waals surface area contributed by atoms with Crippen molar-refractivity contribution in [3.63, 3.8) is 0 Å². The minimum absolute atomic E-state index is 0.0412. The number of aromatic nitrogens is 1. The van der Waals surface area contributed by atoms with Gasteiger partial charge in [-0.2, -0.15) is 0 Å². The summed E-state index contributed by atoms with van der Waals surface area (Å²) in [5, 5.41) is 0. The highest BCUT2D eigenvalue weighted by atomic mass is 127. The second-order valence-electron chi connectivity index (χ2n) is 10.5. The Morgan fingerprint density at radius 3 is 2.58 bits per heavy atom. The van der Waals surface area contributed by atoms with Gasteiger partial charge < -0.3 is 9.47 Å². The molecule has 0 N–H and O–H groups in total. The predicted octanol–water partition coefficient (Wildman–Crippen LogP) is 7.27. The Bertz CT molecular complexity index is 2070. The Morgan fingerprint density at radius 2 is 1.79 bits per heavy atom. The van der Waals surface area contributed by atoms with E-state index in [2.05, 4.69) is 74.9 Å². The Labute approximate surface area is 275 Å². The lowest BCUT2D eigenvalue weighted by molar-refractivity contribution is 0.282. The van der Waals surface area contributed by atoms with Gasteiger partial charge in [-0.05, 0) is 93.6 Å². The molecule has 0 saturated heterocycles. The van der Waals surface area contributed by atoms with Crippen molar-refractivity contribution in [1.82, 2.24) is 4.57 Å². The van der Waals surface area contributed by atoms with Gasteiger partial charge in [0.15, 0.2) is 16.3 Å². The number of hydrogen-bond donors (Lipinski definition) is 0. The van der Waals surface area contributed by atoms with Crippen LogP contribution in [0.15, 0.2) is 111 Å². The van der Waals surface area contributed by atoms with Crippen molar-refractivity contribution in [2.75, 3.05) is 7.11 Å². The van der Waals surface area contributed by atoms with Crippen molar-refractivity contribution in [1.29, 1.82) is 0 Å². The molecular weight excluding hydrogens is 735 g/mol. The van der Waals surface area contributed by atoms with E-state index in [9.17, 15) is 4.79 Å². The summed E-state index contributed by atoms with van der Waals surface area (Å²) in [6.07, 6.45) is 3.73. The lowest BCUT2D eigenvalue weighted by Crippen LogP contribution is -2.38. The molecule has 214 valence electrons. The Hall–Kier alpha value is -3.47. The first kappa shape index (κ1) is 28.3. The third-order valence-electron chi connectivity index (χ3n) is 7.83. The summed E-state index contributed by atoms with van der Waals surface area (Å²) < 4.78 is 16.3. The van der Waals surface area contributed by atoms with Crippen LogP contribution in [0.5, 0.6) is 11.5 Å². The van der Waals surface area contributed by atoms with Gasteiger partial charge in [-0.25, -0.2) is 4.99 Å². The molecule has 8 heteroatoms. The highest BCUT2D eigenvalue weighted by Crippen LogP contribution is 2.41. The number of halogens is 2. The molecule has 0 fully saturated rings. The fourth-order valence-electron chi connectivity index (χ4n) is 5.81. The maximum Gasteiger partial charge on any atom is 0.271 e. The van der Waals surface area contributed by atoms with E-state index in [1.54, 1.807) is 7.11 Å². The minimum atomic E-state index is -0.210. The number of ether oxygens (including phenoxy) is 2. The molecule has 0 unspecified atom stereocenters. The quantitative estimate of drug-likeness (QED) is 0.171. The first-order valence-corrected chi connectivity index (χ1v) is 16.6. The summed E-state index contributed by atoms with van der Waals surface area (Å²) in [5.41, 5.74) is 7.64. The molecule has 43 heavy (non-hydrogen) atoms. The van der Waals surface area contributed by atoms with Crippen LogP contribution in [-0.4, -0.2) is 11.7 Å². The zero-order valence-corrected chi connectivity index (χ0v) is 27.8. The maximum atomic E-state index is 14.1. The first-order valence-electron chi connectivity index (χ1n) is 13.9. The summed E-state index contributed by atoms with van der Waals surface area (Å²) in [5.74, 6) is 1.31. The molecule has 0 radical (unpaired) electrons. The fraction of sp³-hybridized carbons (Fsp3) is 0.143. The van der Waals surface area contributed by atoms with Gasteiger partial charge in [0, 0.05) is 10.0 Å². The van der Waals surface area contributed by atoms with Crippen molar-refractivity contribution in [2.24, 2.45) is 4.99 Å². The van der Waals surface area contributed by atoms with E-state index >= 15 is 0 Å². The topological polar surface area (TPSA) is 52.8 Å². The van der Waals surface area contributed by atoms with Crippen LogP contribution in [0.25, 0.3) is 11.8 Å². The lowest BCUT2D eigenvalue weighted by atomic mass is 9.83. The second kappa shape index (κ2) is 11.9. The molecule has 5 aromatic rings. The van der Waals surface area contributed by atoms with E-state index in [4.69, 9.17) is 14.5 Å². The molecule has 2 heterocycles. The SMILES string of the molecule is COc1cc(/C=c2\sc3n(c2=O)[C@@H](c2ccc(Br)cc2)C2=C(N=3)c3ccccc3CC2)cc(I)c1OCc1ccccc1. The van der Waals surface area contributed by atoms with Crippen molar-refractivity contribution < 1.29 is 9.47 Å². The monoisotopic (exact) mass is 760 g/mol. The van der Waals surface area contributed by atoms with E-state index in [1.807, 2.05) is 65.2 Å². The minimum Gasteiger partial charge on any atom is -0.493 e.